The monoisotopic (exact) mass is 287 g/mol. The zero-order valence-corrected chi connectivity index (χ0v) is 11.7. The highest BCUT2D eigenvalue weighted by molar-refractivity contribution is 5.90. The van der Waals surface area contributed by atoms with Crippen LogP contribution in [0.2, 0.25) is 0 Å². The van der Waals surface area contributed by atoms with Crippen molar-refractivity contribution >= 4 is 11.7 Å². The first-order valence-corrected chi connectivity index (χ1v) is 6.48. The minimum absolute atomic E-state index is 0.166. The molecule has 0 aliphatic rings. The second-order valence-electron chi connectivity index (χ2n) is 4.29. The Balaban J connectivity index is 1.75. The Morgan fingerprint density at radius 3 is 2.43 bits per heavy atom. The fraction of sp³-hybridized carbons (Fsp3) is 0.188. The molecule has 110 valence electrons. The van der Waals surface area contributed by atoms with Crippen LogP contribution >= 0.6 is 0 Å². The van der Waals surface area contributed by atoms with Crippen LogP contribution in [0.15, 0.2) is 48.5 Å². The Kier molecular flexibility index (Phi) is 5.04. The zero-order valence-electron chi connectivity index (χ0n) is 11.7. The van der Waals surface area contributed by atoms with Crippen molar-refractivity contribution in [3.8, 4) is 11.5 Å². The summed E-state index contributed by atoms with van der Waals surface area (Å²) in [6.45, 7) is 0.444. The summed E-state index contributed by atoms with van der Waals surface area (Å²) in [5.41, 5.74) is 6.57. The van der Waals surface area contributed by atoms with Crippen molar-refractivity contribution in [1.82, 2.24) is 0 Å². The zero-order chi connectivity index (χ0) is 15.1. The van der Waals surface area contributed by atoms with Crippen LogP contribution < -0.4 is 15.2 Å². The molecule has 0 unspecified atom stereocenters. The molecule has 0 aromatic heterocycles. The number of ether oxygens (including phenoxy) is 3. The number of carbonyl (C=O) groups is 1. The summed E-state index contributed by atoms with van der Waals surface area (Å²) in [6, 6.07) is 13.8. The number of rotatable bonds is 6. The highest BCUT2D eigenvalue weighted by atomic mass is 16.6. The van der Waals surface area contributed by atoms with Gasteiger partial charge in [-0.05, 0) is 42.5 Å². The molecule has 5 heteroatoms. The number of benzene rings is 2. The number of esters is 1. The standard InChI is InChI=1S/C16H17NO4/c1-19-14-5-7-15(8-6-14)20-9-10-21-16(18)12-3-2-4-13(17)11-12/h2-8,11H,9-10,17H2,1H3. The molecule has 2 rings (SSSR count). The van der Waals surface area contributed by atoms with Gasteiger partial charge in [0, 0.05) is 5.69 Å². The van der Waals surface area contributed by atoms with Gasteiger partial charge in [0.15, 0.2) is 0 Å². The first kappa shape index (κ1) is 14.7. The maximum atomic E-state index is 11.7. The van der Waals surface area contributed by atoms with Crippen molar-refractivity contribution in [2.45, 2.75) is 0 Å². The van der Waals surface area contributed by atoms with E-state index in [1.807, 2.05) is 0 Å². The first-order valence-electron chi connectivity index (χ1n) is 6.48. The minimum Gasteiger partial charge on any atom is -0.497 e. The number of hydrogen-bond donors (Lipinski definition) is 1. The van der Waals surface area contributed by atoms with Crippen LogP contribution in [0.1, 0.15) is 10.4 Å². The van der Waals surface area contributed by atoms with E-state index in [9.17, 15) is 4.79 Å². The van der Waals surface area contributed by atoms with Crippen molar-refractivity contribution in [3.05, 3.63) is 54.1 Å². The van der Waals surface area contributed by atoms with E-state index in [4.69, 9.17) is 19.9 Å². The van der Waals surface area contributed by atoms with Gasteiger partial charge in [-0.3, -0.25) is 0 Å². The Morgan fingerprint density at radius 1 is 1.05 bits per heavy atom. The van der Waals surface area contributed by atoms with Crippen LogP contribution in [-0.2, 0) is 4.74 Å². The molecule has 0 spiro atoms. The average molecular weight is 287 g/mol. The molecule has 0 saturated carbocycles. The Morgan fingerprint density at radius 2 is 1.76 bits per heavy atom. The van der Waals surface area contributed by atoms with E-state index in [0.29, 0.717) is 17.0 Å². The SMILES string of the molecule is COc1ccc(OCCOC(=O)c2cccc(N)c2)cc1. The number of nitrogen functional groups attached to an aromatic ring is 1. The highest BCUT2D eigenvalue weighted by Gasteiger charge is 2.06. The lowest BCUT2D eigenvalue weighted by atomic mass is 10.2. The lowest BCUT2D eigenvalue weighted by molar-refractivity contribution is 0.0450. The van der Waals surface area contributed by atoms with Gasteiger partial charge in [0.05, 0.1) is 12.7 Å². The summed E-state index contributed by atoms with van der Waals surface area (Å²) in [4.78, 5) is 11.7. The molecule has 0 aliphatic heterocycles. The maximum absolute atomic E-state index is 11.7. The molecular formula is C16H17NO4. The van der Waals surface area contributed by atoms with Crippen molar-refractivity contribution in [1.29, 1.82) is 0 Å². The number of nitrogens with two attached hydrogens (primary N) is 1. The predicted octanol–water partition coefficient (Wildman–Crippen LogP) is 2.51. The molecule has 0 aliphatic carbocycles. The van der Waals surface area contributed by atoms with Gasteiger partial charge in [-0.25, -0.2) is 4.79 Å². The molecule has 2 N–H and O–H groups in total. The van der Waals surface area contributed by atoms with E-state index in [0.717, 1.165) is 5.75 Å². The summed E-state index contributed by atoms with van der Waals surface area (Å²) in [5, 5.41) is 0. The highest BCUT2D eigenvalue weighted by Crippen LogP contribution is 2.16. The predicted molar refractivity (Wildman–Crippen MR) is 79.6 cm³/mol. The smallest absolute Gasteiger partial charge is 0.338 e. The maximum Gasteiger partial charge on any atom is 0.338 e. The summed E-state index contributed by atoms with van der Waals surface area (Å²) in [5.74, 6) is 1.03. The average Bonchev–Trinajstić information content (AvgIpc) is 2.52. The van der Waals surface area contributed by atoms with Gasteiger partial charge in [-0.1, -0.05) is 6.07 Å². The van der Waals surface area contributed by atoms with Crippen LogP contribution in [0, 0.1) is 0 Å². The normalized spacial score (nSPS) is 9.95. The molecule has 0 atom stereocenters. The van der Waals surface area contributed by atoms with Gasteiger partial charge >= 0.3 is 5.97 Å². The summed E-state index contributed by atoms with van der Waals surface area (Å²) in [7, 11) is 1.60. The van der Waals surface area contributed by atoms with Gasteiger partial charge in [-0.2, -0.15) is 0 Å². The second-order valence-corrected chi connectivity index (χ2v) is 4.29. The second kappa shape index (κ2) is 7.19. The van der Waals surface area contributed by atoms with Crippen LogP contribution in [0.25, 0.3) is 0 Å². The van der Waals surface area contributed by atoms with Crippen LogP contribution in [0.3, 0.4) is 0 Å². The molecule has 2 aromatic carbocycles. The van der Waals surface area contributed by atoms with E-state index < -0.39 is 5.97 Å². The number of anilines is 1. The molecule has 0 bridgehead atoms. The minimum atomic E-state index is -0.416. The third-order valence-corrected chi connectivity index (χ3v) is 2.77. The van der Waals surface area contributed by atoms with Crippen LogP contribution in [0.5, 0.6) is 11.5 Å². The third-order valence-electron chi connectivity index (χ3n) is 2.77. The topological polar surface area (TPSA) is 70.8 Å². The molecule has 0 amide bonds. The van der Waals surface area contributed by atoms with Crippen molar-refractivity contribution < 1.29 is 19.0 Å². The van der Waals surface area contributed by atoms with E-state index in [2.05, 4.69) is 0 Å². The molecule has 0 heterocycles. The molecular weight excluding hydrogens is 270 g/mol. The molecule has 0 saturated heterocycles. The van der Waals surface area contributed by atoms with Crippen molar-refractivity contribution in [2.24, 2.45) is 0 Å². The van der Waals surface area contributed by atoms with E-state index >= 15 is 0 Å². The van der Waals surface area contributed by atoms with Gasteiger partial charge < -0.3 is 19.9 Å². The fourth-order valence-corrected chi connectivity index (χ4v) is 1.71. The summed E-state index contributed by atoms with van der Waals surface area (Å²) >= 11 is 0. The number of methoxy groups -OCH3 is 1. The molecule has 21 heavy (non-hydrogen) atoms. The lowest BCUT2D eigenvalue weighted by Gasteiger charge is -2.08. The van der Waals surface area contributed by atoms with E-state index in [1.54, 1.807) is 55.6 Å². The number of hydrogen-bond acceptors (Lipinski definition) is 5. The summed E-state index contributed by atoms with van der Waals surface area (Å²) < 4.78 is 15.6. The quantitative estimate of drug-likeness (QED) is 0.502. The largest absolute Gasteiger partial charge is 0.497 e. The van der Waals surface area contributed by atoms with Gasteiger partial charge in [0.1, 0.15) is 24.7 Å². The van der Waals surface area contributed by atoms with Crippen LogP contribution in [-0.4, -0.2) is 26.3 Å². The first-order chi connectivity index (χ1) is 10.2. The van der Waals surface area contributed by atoms with E-state index in [-0.39, 0.29) is 13.2 Å². The Bertz CT molecular complexity index is 595. The molecule has 2 aromatic rings. The molecule has 0 fully saturated rings. The number of carbonyl (C=O) groups excluding carboxylic acids is 1. The third kappa shape index (κ3) is 4.42. The van der Waals surface area contributed by atoms with Crippen LogP contribution in [0.4, 0.5) is 5.69 Å². The Labute approximate surface area is 123 Å². The lowest BCUT2D eigenvalue weighted by Crippen LogP contribution is -2.12. The van der Waals surface area contributed by atoms with Gasteiger partial charge in [-0.15, -0.1) is 0 Å². The fourth-order valence-electron chi connectivity index (χ4n) is 1.71. The van der Waals surface area contributed by atoms with Crippen molar-refractivity contribution in [3.63, 3.8) is 0 Å². The molecule has 5 nitrogen and oxygen atoms in total. The van der Waals surface area contributed by atoms with Gasteiger partial charge in [0.25, 0.3) is 0 Å². The Hall–Kier alpha value is -2.69. The van der Waals surface area contributed by atoms with Crippen molar-refractivity contribution in [2.75, 3.05) is 26.1 Å². The molecule has 0 radical (unpaired) electrons. The van der Waals surface area contributed by atoms with E-state index in [1.165, 1.54) is 0 Å². The summed E-state index contributed by atoms with van der Waals surface area (Å²) in [6.07, 6.45) is 0. The van der Waals surface area contributed by atoms with Gasteiger partial charge in [0.2, 0.25) is 0 Å².